The molecule has 1 aromatic rings. The van der Waals surface area contributed by atoms with E-state index in [0.29, 0.717) is 24.8 Å². The molecule has 18 heteroatoms. The van der Waals surface area contributed by atoms with Gasteiger partial charge in [0.25, 0.3) is 0 Å². The van der Waals surface area contributed by atoms with Crippen LogP contribution in [0.3, 0.4) is 0 Å². The number of carboxylic acids is 2. The predicted octanol–water partition coefficient (Wildman–Crippen LogP) is -1.25. The third-order valence-electron chi connectivity index (χ3n) is 8.29. The largest absolute Gasteiger partial charge is 0.508 e. The van der Waals surface area contributed by atoms with E-state index < -0.39 is 84.0 Å². The number of guanidine groups is 1. The second kappa shape index (κ2) is 19.5. The number of hydrogen-bond donors (Lipinski definition) is 10. The molecule has 1 fully saturated rings. The number of aliphatic carboxylic acids is 2. The molecule has 18 nitrogen and oxygen atoms in total. The molecule has 0 spiro atoms. The Balaban J connectivity index is 2.20. The number of rotatable bonds is 19. The van der Waals surface area contributed by atoms with Gasteiger partial charge in [0.1, 0.15) is 36.0 Å². The van der Waals surface area contributed by atoms with Crippen molar-refractivity contribution in [3.05, 3.63) is 29.8 Å². The van der Waals surface area contributed by atoms with Crippen LogP contribution < -0.4 is 32.3 Å². The highest BCUT2D eigenvalue weighted by atomic mass is 16.4. The van der Waals surface area contributed by atoms with Crippen LogP contribution in [-0.2, 0) is 40.0 Å². The zero-order chi connectivity index (χ0) is 37.5. The SMILES string of the molecule is CC[C@H](C)[C@H](NC(=O)[C@H](CC(=O)O)NC(=O)[C@@H]1CCCN1C(=O)[C@H](CCCNC(=N)N)NC(C)=O)C(=O)N[C@@H](Cc1ccc(O)cc1)C(=O)O. The van der Waals surface area contributed by atoms with E-state index in [-0.39, 0.29) is 44.1 Å². The van der Waals surface area contributed by atoms with Crippen LogP contribution in [0.2, 0.25) is 0 Å². The Hall–Kier alpha value is -5.42. The Morgan fingerprint density at radius 1 is 0.960 bits per heavy atom. The van der Waals surface area contributed by atoms with Crippen molar-refractivity contribution in [1.29, 1.82) is 5.41 Å². The number of likely N-dealkylation sites (tertiary alicyclic amines) is 1. The summed E-state index contributed by atoms with van der Waals surface area (Å²) in [5, 5.41) is 48.6. The van der Waals surface area contributed by atoms with E-state index in [2.05, 4.69) is 26.6 Å². The first-order valence-electron chi connectivity index (χ1n) is 16.3. The van der Waals surface area contributed by atoms with Crippen LogP contribution >= 0.6 is 0 Å². The number of carbonyl (C=O) groups is 7. The van der Waals surface area contributed by atoms with Gasteiger partial charge in [0.2, 0.25) is 29.5 Å². The molecule has 1 aliphatic heterocycles. The highest BCUT2D eigenvalue weighted by molar-refractivity contribution is 5.97. The molecule has 2 rings (SSSR count). The van der Waals surface area contributed by atoms with Gasteiger partial charge in [-0.25, -0.2) is 4.79 Å². The Bertz CT molecular complexity index is 1410. The number of aromatic hydroxyl groups is 1. The molecule has 0 aromatic heterocycles. The van der Waals surface area contributed by atoms with Crippen LogP contribution in [0.1, 0.15) is 64.9 Å². The molecule has 1 saturated heterocycles. The summed E-state index contributed by atoms with van der Waals surface area (Å²) >= 11 is 0. The first kappa shape index (κ1) is 40.8. The van der Waals surface area contributed by atoms with E-state index in [4.69, 9.17) is 11.1 Å². The average Bonchev–Trinajstić information content (AvgIpc) is 3.54. The lowest BCUT2D eigenvalue weighted by molar-refractivity contribution is -0.144. The first-order chi connectivity index (χ1) is 23.5. The van der Waals surface area contributed by atoms with Gasteiger partial charge in [0.05, 0.1) is 6.42 Å². The molecule has 0 radical (unpaired) electrons. The predicted molar refractivity (Wildman–Crippen MR) is 178 cm³/mol. The van der Waals surface area contributed by atoms with Crippen molar-refractivity contribution in [3.63, 3.8) is 0 Å². The molecule has 0 bridgehead atoms. The lowest BCUT2D eigenvalue weighted by Crippen LogP contribution is -2.60. The molecule has 6 atom stereocenters. The number of nitrogens with zero attached hydrogens (tertiary/aromatic N) is 1. The van der Waals surface area contributed by atoms with Gasteiger partial charge in [-0.3, -0.25) is 34.2 Å². The van der Waals surface area contributed by atoms with Crippen LogP contribution in [0.4, 0.5) is 0 Å². The molecule has 0 aliphatic carbocycles. The van der Waals surface area contributed by atoms with Gasteiger partial charge in [-0.1, -0.05) is 32.4 Å². The fourth-order valence-corrected chi connectivity index (χ4v) is 5.47. The molecule has 1 heterocycles. The van der Waals surface area contributed by atoms with Crippen LogP contribution in [0.5, 0.6) is 5.75 Å². The number of phenolic OH excluding ortho intramolecular Hbond substituents is 1. The first-order valence-corrected chi connectivity index (χ1v) is 16.3. The average molecular weight is 705 g/mol. The van der Waals surface area contributed by atoms with Crippen molar-refractivity contribution in [2.24, 2.45) is 11.7 Å². The second-order valence-electron chi connectivity index (χ2n) is 12.2. The molecule has 276 valence electrons. The monoisotopic (exact) mass is 704 g/mol. The summed E-state index contributed by atoms with van der Waals surface area (Å²) in [6, 6.07) is -0.704. The molecule has 0 unspecified atom stereocenters. The Kier molecular flexibility index (Phi) is 15.9. The minimum absolute atomic E-state index is 0.0242. The van der Waals surface area contributed by atoms with Gasteiger partial charge < -0.3 is 52.5 Å². The van der Waals surface area contributed by atoms with Crippen molar-refractivity contribution >= 4 is 47.4 Å². The molecule has 11 N–H and O–H groups in total. The van der Waals surface area contributed by atoms with Gasteiger partial charge >= 0.3 is 11.9 Å². The minimum atomic E-state index is -1.66. The topological polar surface area (TPSA) is 293 Å². The molecule has 5 amide bonds. The van der Waals surface area contributed by atoms with Crippen LogP contribution in [-0.4, -0.2) is 111 Å². The van der Waals surface area contributed by atoms with Crippen molar-refractivity contribution in [3.8, 4) is 5.75 Å². The van der Waals surface area contributed by atoms with Crippen LogP contribution in [0.15, 0.2) is 24.3 Å². The molecule has 0 saturated carbocycles. The van der Waals surface area contributed by atoms with E-state index in [9.17, 15) is 48.9 Å². The molecule has 1 aromatic carbocycles. The highest BCUT2D eigenvalue weighted by Gasteiger charge is 2.40. The summed E-state index contributed by atoms with van der Waals surface area (Å²) in [6.45, 7) is 5.04. The second-order valence-corrected chi connectivity index (χ2v) is 12.2. The number of benzene rings is 1. The highest BCUT2D eigenvalue weighted by Crippen LogP contribution is 2.20. The number of phenols is 1. The summed E-state index contributed by atoms with van der Waals surface area (Å²) in [5.74, 6) is -7.27. The number of amides is 5. The number of nitrogens with two attached hydrogens (primary N) is 1. The molecule has 50 heavy (non-hydrogen) atoms. The molecular weight excluding hydrogens is 656 g/mol. The quantitative estimate of drug-likeness (QED) is 0.0459. The molecule has 1 aliphatic rings. The van der Waals surface area contributed by atoms with Crippen molar-refractivity contribution < 1.29 is 48.9 Å². The summed E-state index contributed by atoms with van der Waals surface area (Å²) in [5.41, 5.74) is 5.80. The fourth-order valence-electron chi connectivity index (χ4n) is 5.47. The summed E-state index contributed by atoms with van der Waals surface area (Å²) < 4.78 is 0. The lowest BCUT2D eigenvalue weighted by atomic mass is 9.96. The Labute approximate surface area is 289 Å². The Morgan fingerprint density at radius 2 is 1.62 bits per heavy atom. The van der Waals surface area contributed by atoms with Gasteiger partial charge in [0, 0.05) is 26.4 Å². The minimum Gasteiger partial charge on any atom is -0.508 e. The smallest absolute Gasteiger partial charge is 0.326 e. The lowest BCUT2D eigenvalue weighted by Gasteiger charge is -2.30. The normalized spacial score (nSPS) is 16.9. The van der Waals surface area contributed by atoms with Crippen molar-refractivity contribution in [2.75, 3.05) is 13.1 Å². The van der Waals surface area contributed by atoms with Crippen molar-refractivity contribution in [1.82, 2.24) is 31.5 Å². The van der Waals surface area contributed by atoms with Gasteiger partial charge in [-0.15, -0.1) is 0 Å². The van der Waals surface area contributed by atoms with Crippen molar-refractivity contribution in [2.45, 2.75) is 95.9 Å². The van der Waals surface area contributed by atoms with Gasteiger partial charge in [-0.2, -0.15) is 0 Å². The number of carbonyl (C=O) groups excluding carboxylic acids is 5. The zero-order valence-electron chi connectivity index (χ0n) is 28.4. The fraction of sp³-hybridized carbons (Fsp3) is 0.562. The summed E-state index contributed by atoms with van der Waals surface area (Å²) in [4.78, 5) is 90.7. The third-order valence-corrected chi connectivity index (χ3v) is 8.29. The number of hydrogen-bond acceptors (Lipinski definition) is 9. The summed E-state index contributed by atoms with van der Waals surface area (Å²) in [7, 11) is 0. The van der Waals surface area contributed by atoms with Crippen LogP contribution in [0, 0.1) is 11.3 Å². The van der Waals surface area contributed by atoms with Gasteiger partial charge in [0.15, 0.2) is 5.96 Å². The number of carboxylic acid groups (broad SMARTS) is 2. The van der Waals surface area contributed by atoms with Crippen LogP contribution in [0.25, 0.3) is 0 Å². The number of nitrogens with one attached hydrogen (secondary N) is 6. The maximum absolute atomic E-state index is 13.5. The maximum atomic E-state index is 13.5. The zero-order valence-corrected chi connectivity index (χ0v) is 28.4. The van der Waals surface area contributed by atoms with E-state index in [1.54, 1.807) is 13.8 Å². The van der Waals surface area contributed by atoms with E-state index in [1.165, 1.54) is 36.1 Å². The maximum Gasteiger partial charge on any atom is 0.326 e. The van der Waals surface area contributed by atoms with Gasteiger partial charge in [-0.05, 0) is 49.3 Å². The molecular formula is C32H48N8O10. The standard InChI is InChI=1S/C32H48N8O10/c1-4-17(2)26(29(47)38-23(31(49)50)15-19-9-11-20(42)12-10-19)39-27(45)22(16-25(43)44)37-28(46)24-8-6-14-40(24)30(48)21(36-18(3)41)7-5-13-35-32(33)34/h9-12,17,21-24,26,42H,4-8,13-16H2,1-3H3,(H,36,41)(H,37,46)(H,38,47)(H,39,45)(H,43,44)(H,49,50)(H4,33,34,35)/t17-,21-,22-,23-,24-,26-/m0/s1. The summed E-state index contributed by atoms with van der Waals surface area (Å²) in [6.07, 6.45) is 0.527. The van der Waals surface area contributed by atoms with E-state index in [1.807, 2.05) is 0 Å². The van der Waals surface area contributed by atoms with E-state index in [0.717, 1.165) is 0 Å². The third kappa shape index (κ3) is 12.9. The van der Waals surface area contributed by atoms with E-state index >= 15 is 0 Å². The Morgan fingerprint density at radius 3 is 2.18 bits per heavy atom.